The summed E-state index contributed by atoms with van der Waals surface area (Å²) in [5, 5.41) is 23.0. The third kappa shape index (κ3) is 3.12. The molecule has 0 saturated heterocycles. The fraction of sp³-hybridized carbons (Fsp3) is 0.211. The van der Waals surface area contributed by atoms with E-state index in [4.69, 9.17) is 0 Å². The van der Waals surface area contributed by atoms with Crippen molar-refractivity contribution in [2.24, 2.45) is 7.05 Å². The maximum atomic E-state index is 12.6. The summed E-state index contributed by atoms with van der Waals surface area (Å²) in [6, 6.07) is 16.2. The molecular formula is C19H20N2O3. The number of aromatic hydroxyl groups is 1. The van der Waals surface area contributed by atoms with Crippen LogP contribution in [0.3, 0.4) is 0 Å². The summed E-state index contributed by atoms with van der Waals surface area (Å²) < 4.78 is 1.74. The molecule has 0 radical (unpaired) electrons. The van der Waals surface area contributed by atoms with E-state index >= 15 is 0 Å². The first-order valence-corrected chi connectivity index (χ1v) is 7.83. The number of phenols is 1. The number of benzene rings is 2. The molecule has 0 bridgehead atoms. The molecule has 5 nitrogen and oxygen atoms in total. The summed E-state index contributed by atoms with van der Waals surface area (Å²) in [5.74, 6) is -0.131. The lowest BCUT2D eigenvalue weighted by Gasteiger charge is -2.16. The maximum Gasteiger partial charge on any atom is 0.268 e. The highest BCUT2D eigenvalue weighted by molar-refractivity contribution is 6.00. The van der Waals surface area contributed by atoms with Gasteiger partial charge in [-0.2, -0.15) is 0 Å². The minimum absolute atomic E-state index is 0.143. The number of aliphatic hydroxyl groups excluding tert-OH is 1. The second kappa shape index (κ2) is 6.76. The average molecular weight is 324 g/mol. The molecule has 0 saturated carbocycles. The van der Waals surface area contributed by atoms with E-state index in [1.807, 2.05) is 36.4 Å². The molecule has 3 N–H and O–H groups in total. The van der Waals surface area contributed by atoms with Crippen molar-refractivity contribution in [1.82, 2.24) is 9.88 Å². The van der Waals surface area contributed by atoms with Crippen LogP contribution in [0.4, 0.5) is 0 Å². The quantitative estimate of drug-likeness (QED) is 0.674. The van der Waals surface area contributed by atoms with E-state index in [0.717, 1.165) is 11.1 Å². The smallest absolute Gasteiger partial charge is 0.268 e. The average Bonchev–Trinajstić information content (AvgIpc) is 2.94. The standard InChI is InChI=1S/C19H20N2O3/c1-21-16-8-5-9-18(23)15(16)11-17(21)19(24)20-14(12-22)10-13-6-3-2-4-7-13/h2-9,11,14,22-23H,10,12H2,1H3,(H,20,24)/t14-/m0/s1. The lowest BCUT2D eigenvalue weighted by molar-refractivity contribution is 0.0908. The van der Waals surface area contributed by atoms with Gasteiger partial charge in [-0.25, -0.2) is 0 Å². The van der Waals surface area contributed by atoms with Gasteiger partial charge in [-0.3, -0.25) is 4.79 Å². The van der Waals surface area contributed by atoms with Crippen molar-refractivity contribution in [1.29, 1.82) is 0 Å². The summed E-state index contributed by atoms with van der Waals surface area (Å²) >= 11 is 0. The number of nitrogens with one attached hydrogen (secondary N) is 1. The van der Waals surface area contributed by atoms with Gasteiger partial charge in [-0.1, -0.05) is 36.4 Å². The van der Waals surface area contributed by atoms with E-state index < -0.39 is 0 Å². The minimum Gasteiger partial charge on any atom is -0.507 e. The zero-order valence-electron chi connectivity index (χ0n) is 13.4. The Kier molecular flexibility index (Phi) is 4.53. The van der Waals surface area contributed by atoms with Crippen LogP contribution in [-0.4, -0.2) is 33.3 Å². The largest absolute Gasteiger partial charge is 0.507 e. The number of carbonyl (C=O) groups excluding carboxylic acids is 1. The Morgan fingerprint density at radius 1 is 1.17 bits per heavy atom. The lowest BCUT2D eigenvalue weighted by Crippen LogP contribution is -2.39. The van der Waals surface area contributed by atoms with Crippen molar-refractivity contribution in [3.05, 3.63) is 65.9 Å². The number of hydrogen-bond acceptors (Lipinski definition) is 3. The topological polar surface area (TPSA) is 74.5 Å². The van der Waals surface area contributed by atoms with Gasteiger partial charge in [0.25, 0.3) is 5.91 Å². The number of aromatic nitrogens is 1. The normalized spacial score (nSPS) is 12.2. The number of carbonyl (C=O) groups is 1. The third-order valence-corrected chi connectivity index (χ3v) is 4.18. The van der Waals surface area contributed by atoms with Gasteiger partial charge in [0.1, 0.15) is 11.4 Å². The van der Waals surface area contributed by atoms with Gasteiger partial charge in [0, 0.05) is 12.4 Å². The van der Waals surface area contributed by atoms with Crippen LogP contribution in [-0.2, 0) is 13.5 Å². The van der Waals surface area contributed by atoms with Crippen molar-refractivity contribution >= 4 is 16.8 Å². The molecule has 1 amide bonds. The Morgan fingerprint density at radius 3 is 2.58 bits per heavy atom. The molecule has 1 heterocycles. The van der Waals surface area contributed by atoms with E-state index in [2.05, 4.69) is 5.32 Å². The van der Waals surface area contributed by atoms with Gasteiger partial charge in [0.05, 0.1) is 18.2 Å². The third-order valence-electron chi connectivity index (χ3n) is 4.18. The van der Waals surface area contributed by atoms with Crippen LogP contribution in [0.15, 0.2) is 54.6 Å². The van der Waals surface area contributed by atoms with Crippen LogP contribution in [0.1, 0.15) is 16.1 Å². The second-order valence-corrected chi connectivity index (χ2v) is 5.84. The number of hydrogen-bond donors (Lipinski definition) is 3. The van der Waals surface area contributed by atoms with E-state index in [-0.39, 0.29) is 24.3 Å². The van der Waals surface area contributed by atoms with Crippen LogP contribution in [0.2, 0.25) is 0 Å². The zero-order chi connectivity index (χ0) is 17.1. The van der Waals surface area contributed by atoms with Crippen molar-refractivity contribution in [3.8, 4) is 5.75 Å². The van der Waals surface area contributed by atoms with Gasteiger partial charge < -0.3 is 20.1 Å². The first kappa shape index (κ1) is 16.1. The van der Waals surface area contributed by atoms with Crippen LogP contribution in [0.5, 0.6) is 5.75 Å². The fourth-order valence-electron chi connectivity index (χ4n) is 2.88. The number of nitrogens with zero attached hydrogens (tertiary/aromatic N) is 1. The van der Waals surface area contributed by atoms with Gasteiger partial charge in [-0.15, -0.1) is 0 Å². The molecule has 124 valence electrons. The first-order valence-electron chi connectivity index (χ1n) is 7.83. The lowest BCUT2D eigenvalue weighted by atomic mass is 10.1. The van der Waals surface area contributed by atoms with Gasteiger partial charge >= 0.3 is 0 Å². The van der Waals surface area contributed by atoms with E-state index in [0.29, 0.717) is 17.5 Å². The molecule has 0 spiro atoms. The number of aliphatic hydroxyl groups is 1. The Hall–Kier alpha value is -2.79. The van der Waals surface area contributed by atoms with Crippen LogP contribution < -0.4 is 5.32 Å². The van der Waals surface area contributed by atoms with Crippen molar-refractivity contribution in [2.45, 2.75) is 12.5 Å². The summed E-state index contributed by atoms with van der Waals surface area (Å²) in [6.45, 7) is -0.143. The summed E-state index contributed by atoms with van der Waals surface area (Å²) in [7, 11) is 1.78. The van der Waals surface area contributed by atoms with Gasteiger partial charge in [0.15, 0.2) is 0 Å². The maximum absolute atomic E-state index is 12.6. The van der Waals surface area contributed by atoms with Crippen molar-refractivity contribution in [3.63, 3.8) is 0 Å². The molecular weight excluding hydrogens is 304 g/mol. The first-order chi connectivity index (χ1) is 11.6. The number of aryl methyl sites for hydroxylation is 1. The van der Waals surface area contributed by atoms with Crippen LogP contribution >= 0.6 is 0 Å². The highest BCUT2D eigenvalue weighted by atomic mass is 16.3. The number of rotatable bonds is 5. The molecule has 0 fully saturated rings. The molecule has 5 heteroatoms. The molecule has 1 atom stereocenters. The molecule has 0 aliphatic carbocycles. The molecule has 24 heavy (non-hydrogen) atoms. The predicted octanol–water partition coefficient (Wildman–Crippen LogP) is 2.22. The molecule has 0 unspecified atom stereocenters. The monoisotopic (exact) mass is 324 g/mol. The summed E-state index contributed by atoms with van der Waals surface area (Å²) in [6.07, 6.45) is 0.554. The number of phenolic OH excluding ortho intramolecular Hbond substituents is 1. The second-order valence-electron chi connectivity index (χ2n) is 5.84. The number of amides is 1. The Labute approximate surface area is 140 Å². The van der Waals surface area contributed by atoms with Gasteiger partial charge in [0.2, 0.25) is 0 Å². The van der Waals surface area contributed by atoms with E-state index in [1.54, 1.807) is 29.8 Å². The highest BCUT2D eigenvalue weighted by Crippen LogP contribution is 2.27. The Balaban J connectivity index is 1.81. The SMILES string of the molecule is Cn1c(C(=O)N[C@H](CO)Cc2ccccc2)cc2c(O)cccc21. The summed E-state index contributed by atoms with van der Waals surface area (Å²) in [4.78, 5) is 12.6. The van der Waals surface area contributed by atoms with E-state index in [9.17, 15) is 15.0 Å². The number of fused-ring (bicyclic) bond motifs is 1. The molecule has 0 aliphatic rings. The van der Waals surface area contributed by atoms with Crippen molar-refractivity contribution in [2.75, 3.05) is 6.61 Å². The Morgan fingerprint density at radius 2 is 1.92 bits per heavy atom. The highest BCUT2D eigenvalue weighted by Gasteiger charge is 2.18. The zero-order valence-corrected chi connectivity index (χ0v) is 13.4. The Bertz CT molecular complexity index is 856. The minimum atomic E-state index is -0.369. The van der Waals surface area contributed by atoms with Crippen molar-refractivity contribution < 1.29 is 15.0 Å². The van der Waals surface area contributed by atoms with Crippen LogP contribution in [0.25, 0.3) is 10.9 Å². The fourth-order valence-corrected chi connectivity index (χ4v) is 2.88. The molecule has 1 aromatic heterocycles. The molecule has 2 aromatic carbocycles. The van der Waals surface area contributed by atoms with E-state index in [1.165, 1.54) is 0 Å². The predicted molar refractivity (Wildman–Crippen MR) is 93.1 cm³/mol. The van der Waals surface area contributed by atoms with Crippen LogP contribution in [0, 0.1) is 0 Å². The molecule has 3 aromatic rings. The molecule has 0 aliphatic heterocycles. The summed E-state index contributed by atoms with van der Waals surface area (Å²) in [5.41, 5.74) is 2.27. The molecule has 3 rings (SSSR count). The van der Waals surface area contributed by atoms with Gasteiger partial charge in [-0.05, 0) is 30.2 Å².